The molecule has 3 aromatic heterocycles. The first-order valence-electron chi connectivity index (χ1n) is 9.18. The van der Waals surface area contributed by atoms with E-state index in [0.717, 1.165) is 22.8 Å². The number of hydrogen-bond donors (Lipinski definition) is 2. The highest BCUT2D eigenvalue weighted by Crippen LogP contribution is 2.22. The number of nitrogens with one attached hydrogen (secondary N) is 2. The molecule has 9 heteroatoms. The fourth-order valence-electron chi connectivity index (χ4n) is 2.98. The number of amides is 1. The summed E-state index contributed by atoms with van der Waals surface area (Å²) < 4.78 is 4.41. The van der Waals surface area contributed by atoms with Crippen molar-refractivity contribution < 1.29 is 4.79 Å². The fourth-order valence-corrected chi connectivity index (χ4v) is 3.92. The molecule has 3 heterocycles. The minimum Gasteiger partial charge on any atom is -0.352 e. The molecule has 0 unspecified atom stereocenters. The van der Waals surface area contributed by atoms with Gasteiger partial charge in [-0.3, -0.25) is 14.5 Å². The average Bonchev–Trinajstić information content (AvgIpc) is 3.48. The Hall–Kier alpha value is -3.04. The molecule has 0 radical (unpaired) electrons. The molecule has 2 N–H and O–H groups in total. The van der Waals surface area contributed by atoms with Crippen molar-refractivity contribution in [2.24, 2.45) is 0 Å². The Kier molecular flexibility index (Phi) is 5.97. The zero-order valence-electron chi connectivity index (χ0n) is 15.6. The van der Waals surface area contributed by atoms with Gasteiger partial charge >= 0.3 is 0 Å². The van der Waals surface area contributed by atoms with Gasteiger partial charge in [0.15, 0.2) is 10.6 Å². The molecule has 0 aliphatic heterocycles. The molecule has 148 valence electrons. The summed E-state index contributed by atoms with van der Waals surface area (Å²) in [6.45, 7) is 1.77. The van der Waals surface area contributed by atoms with Gasteiger partial charge in [-0.1, -0.05) is 30.3 Å². The number of imidazole rings is 1. The highest BCUT2D eigenvalue weighted by atomic mass is 32.1. The molecule has 4 rings (SSSR count). The number of nitrogens with zero attached hydrogens (tertiary/aromatic N) is 4. The van der Waals surface area contributed by atoms with Crippen LogP contribution in [0, 0.1) is 4.77 Å². The van der Waals surface area contributed by atoms with Gasteiger partial charge < -0.3 is 9.88 Å². The summed E-state index contributed by atoms with van der Waals surface area (Å²) in [7, 11) is 0. The van der Waals surface area contributed by atoms with Gasteiger partial charge in [-0.15, -0.1) is 11.3 Å². The maximum Gasteiger partial charge on any atom is 0.222 e. The van der Waals surface area contributed by atoms with Crippen molar-refractivity contribution in [2.75, 3.05) is 0 Å². The van der Waals surface area contributed by atoms with Crippen LogP contribution in [0.5, 0.6) is 0 Å². The molecule has 1 amide bonds. The van der Waals surface area contributed by atoms with Crippen LogP contribution in [0.25, 0.3) is 10.7 Å². The van der Waals surface area contributed by atoms with Crippen molar-refractivity contribution >= 4 is 29.5 Å². The average molecular weight is 425 g/mol. The lowest BCUT2D eigenvalue weighted by molar-refractivity contribution is -0.121. The molecule has 0 aliphatic carbocycles. The number of hydrogen-bond acceptors (Lipinski definition) is 5. The third-order valence-corrected chi connectivity index (χ3v) is 5.68. The van der Waals surface area contributed by atoms with E-state index in [4.69, 9.17) is 12.2 Å². The Morgan fingerprint density at radius 1 is 1.21 bits per heavy atom. The highest BCUT2D eigenvalue weighted by Gasteiger charge is 2.11. The standard InChI is InChI=1S/C20H20N6OS2/c27-18(7-9-26-19(23-24-20(26)28)17-2-1-11-29-17)22-12-15-3-5-16(6-4-15)13-25-10-8-21-14-25/h1-6,8,10-11,14H,7,9,12-13H2,(H,22,27)(H,24,28). The molecule has 0 saturated heterocycles. The van der Waals surface area contributed by atoms with Crippen LogP contribution in [0.4, 0.5) is 0 Å². The first-order chi connectivity index (χ1) is 14.2. The molecular formula is C20H20N6OS2. The van der Waals surface area contributed by atoms with E-state index >= 15 is 0 Å². The first-order valence-corrected chi connectivity index (χ1v) is 10.5. The van der Waals surface area contributed by atoms with Crippen molar-refractivity contribution in [3.05, 3.63) is 76.4 Å². The predicted molar refractivity (Wildman–Crippen MR) is 115 cm³/mol. The molecule has 0 saturated carbocycles. The third kappa shape index (κ3) is 4.87. The Balaban J connectivity index is 1.29. The lowest BCUT2D eigenvalue weighted by Crippen LogP contribution is -2.24. The number of thiophene rings is 1. The quantitative estimate of drug-likeness (QED) is 0.423. The Bertz CT molecular complexity index is 1110. The molecule has 0 atom stereocenters. The summed E-state index contributed by atoms with van der Waals surface area (Å²) in [4.78, 5) is 17.4. The summed E-state index contributed by atoms with van der Waals surface area (Å²) >= 11 is 6.90. The second kappa shape index (κ2) is 8.97. The van der Waals surface area contributed by atoms with Gasteiger partial charge in [0.05, 0.1) is 11.2 Å². The molecule has 0 fully saturated rings. The molecule has 1 aromatic carbocycles. The van der Waals surface area contributed by atoms with Crippen LogP contribution in [0.1, 0.15) is 17.5 Å². The van der Waals surface area contributed by atoms with E-state index in [1.54, 1.807) is 23.9 Å². The van der Waals surface area contributed by atoms with Gasteiger partial charge in [0, 0.05) is 38.4 Å². The number of benzene rings is 1. The Morgan fingerprint density at radius 2 is 2.03 bits per heavy atom. The van der Waals surface area contributed by atoms with Gasteiger partial charge in [-0.25, -0.2) is 4.98 Å². The second-order valence-electron chi connectivity index (χ2n) is 6.56. The lowest BCUT2D eigenvalue weighted by Gasteiger charge is -2.08. The number of carbonyl (C=O) groups excluding carboxylic acids is 1. The van der Waals surface area contributed by atoms with E-state index in [9.17, 15) is 4.79 Å². The topological polar surface area (TPSA) is 80.5 Å². The third-order valence-electron chi connectivity index (χ3n) is 4.50. The second-order valence-corrected chi connectivity index (χ2v) is 7.89. The Labute approximate surface area is 177 Å². The van der Waals surface area contributed by atoms with E-state index in [-0.39, 0.29) is 5.91 Å². The largest absolute Gasteiger partial charge is 0.352 e. The molecule has 29 heavy (non-hydrogen) atoms. The summed E-state index contributed by atoms with van der Waals surface area (Å²) in [5.41, 5.74) is 2.25. The summed E-state index contributed by atoms with van der Waals surface area (Å²) in [6.07, 6.45) is 5.84. The molecule has 0 aliphatic rings. The minimum absolute atomic E-state index is 0.0206. The first kappa shape index (κ1) is 19.3. The molecule has 0 spiro atoms. The SMILES string of the molecule is O=C(CCn1c(-c2cccs2)n[nH]c1=S)NCc1ccc(Cn2ccnc2)cc1. The number of rotatable bonds is 8. The van der Waals surface area contributed by atoms with E-state index in [1.165, 1.54) is 5.56 Å². The maximum atomic E-state index is 12.3. The van der Waals surface area contributed by atoms with Crippen molar-refractivity contribution in [2.45, 2.75) is 26.1 Å². The van der Waals surface area contributed by atoms with Gasteiger partial charge in [0.1, 0.15) is 0 Å². The number of aromatic amines is 1. The fraction of sp³-hybridized carbons (Fsp3) is 0.200. The smallest absolute Gasteiger partial charge is 0.222 e. The summed E-state index contributed by atoms with van der Waals surface area (Å²) in [6, 6.07) is 12.2. The van der Waals surface area contributed by atoms with Crippen molar-refractivity contribution in [3.8, 4) is 10.7 Å². The van der Waals surface area contributed by atoms with Crippen LogP contribution in [-0.4, -0.2) is 30.2 Å². The van der Waals surface area contributed by atoms with Gasteiger partial charge in [0.2, 0.25) is 5.91 Å². The molecule has 4 aromatic rings. The van der Waals surface area contributed by atoms with Crippen LogP contribution >= 0.6 is 23.6 Å². The Morgan fingerprint density at radius 3 is 2.76 bits per heavy atom. The van der Waals surface area contributed by atoms with E-state index in [1.807, 2.05) is 45.0 Å². The normalized spacial score (nSPS) is 10.9. The zero-order chi connectivity index (χ0) is 20.1. The van der Waals surface area contributed by atoms with Gasteiger partial charge in [0.25, 0.3) is 0 Å². The van der Waals surface area contributed by atoms with E-state index in [0.29, 0.717) is 24.3 Å². The van der Waals surface area contributed by atoms with Crippen LogP contribution in [0.2, 0.25) is 0 Å². The van der Waals surface area contributed by atoms with Crippen LogP contribution in [-0.2, 0) is 24.4 Å². The monoisotopic (exact) mass is 424 g/mol. The molecule has 0 bridgehead atoms. The number of carbonyl (C=O) groups is 1. The minimum atomic E-state index is -0.0206. The van der Waals surface area contributed by atoms with E-state index < -0.39 is 0 Å². The zero-order valence-corrected chi connectivity index (χ0v) is 17.2. The van der Waals surface area contributed by atoms with Gasteiger partial charge in [-0.2, -0.15) is 5.10 Å². The number of H-pyrrole nitrogens is 1. The van der Waals surface area contributed by atoms with Crippen molar-refractivity contribution in [1.82, 2.24) is 29.6 Å². The molecular weight excluding hydrogens is 404 g/mol. The van der Waals surface area contributed by atoms with Crippen LogP contribution < -0.4 is 5.32 Å². The van der Waals surface area contributed by atoms with Crippen LogP contribution in [0.3, 0.4) is 0 Å². The summed E-state index contributed by atoms with van der Waals surface area (Å²) in [5.74, 6) is 0.749. The van der Waals surface area contributed by atoms with Crippen LogP contribution in [0.15, 0.2) is 60.5 Å². The number of aromatic nitrogens is 5. The predicted octanol–water partition coefficient (Wildman–Crippen LogP) is 3.62. The lowest BCUT2D eigenvalue weighted by atomic mass is 10.1. The van der Waals surface area contributed by atoms with E-state index in [2.05, 4.69) is 32.6 Å². The van der Waals surface area contributed by atoms with Crippen molar-refractivity contribution in [3.63, 3.8) is 0 Å². The maximum absolute atomic E-state index is 12.3. The van der Waals surface area contributed by atoms with Crippen molar-refractivity contribution in [1.29, 1.82) is 0 Å². The molecule has 7 nitrogen and oxygen atoms in total. The highest BCUT2D eigenvalue weighted by molar-refractivity contribution is 7.71. The summed E-state index contributed by atoms with van der Waals surface area (Å²) in [5, 5.41) is 12.1. The van der Waals surface area contributed by atoms with Gasteiger partial charge in [-0.05, 0) is 34.8 Å².